The molecule has 0 saturated carbocycles. The molecule has 3 heteroatoms. The number of fused-ring (bicyclic) bond motifs is 1. The lowest BCUT2D eigenvalue weighted by atomic mass is 9.88. The van der Waals surface area contributed by atoms with Gasteiger partial charge in [0.2, 0.25) is 0 Å². The van der Waals surface area contributed by atoms with E-state index in [9.17, 15) is 0 Å². The third kappa shape index (κ3) is 2.44. The van der Waals surface area contributed by atoms with Crippen molar-refractivity contribution in [2.45, 2.75) is 12.3 Å². The van der Waals surface area contributed by atoms with Crippen LogP contribution in [0.25, 0.3) is 0 Å². The van der Waals surface area contributed by atoms with Gasteiger partial charge in [-0.25, -0.2) is 0 Å². The fourth-order valence-corrected chi connectivity index (χ4v) is 2.72. The molecule has 0 spiro atoms. The Balaban J connectivity index is 1.83. The molecular weight excluding hydrogens is 250 g/mol. The van der Waals surface area contributed by atoms with Gasteiger partial charge in [0.05, 0.1) is 14.2 Å². The highest BCUT2D eigenvalue weighted by molar-refractivity contribution is 5.57. The van der Waals surface area contributed by atoms with Crippen LogP contribution in [0.3, 0.4) is 0 Å². The zero-order chi connectivity index (χ0) is 13.9. The molecule has 104 valence electrons. The van der Waals surface area contributed by atoms with E-state index >= 15 is 0 Å². The van der Waals surface area contributed by atoms with Gasteiger partial charge in [0.25, 0.3) is 0 Å². The van der Waals surface area contributed by atoms with Gasteiger partial charge >= 0.3 is 0 Å². The number of rotatable bonds is 3. The normalized spacial score (nSPS) is 17.0. The topological polar surface area (TPSA) is 30.5 Å². The van der Waals surface area contributed by atoms with Crippen LogP contribution in [0.1, 0.15) is 17.0 Å². The lowest BCUT2D eigenvalue weighted by Gasteiger charge is -2.27. The van der Waals surface area contributed by atoms with Crippen molar-refractivity contribution in [1.82, 2.24) is 0 Å². The van der Waals surface area contributed by atoms with Crippen LogP contribution in [-0.4, -0.2) is 20.8 Å². The van der Waals surface area contributed by atoms with E-state index < -0.39 is 0 Å². The lowest BCUT2D eigenvalue weighted by molar-refractivity contribution is 0.414. The van der Waals surface area contributed by atoms with Crippen LogP contribution in [0.2, 0.25) is 0 Å². The van der Waals surface area contributed by atoms with E-state index in [1.54, 1.807) is 14.2 Å². The van der Waals surface area contributed by atoms with Crippen LogP contribution in [0.5, 0.6) is 11.5 Å². The van der Waals surface area contributed by atoms with E-state index in [0.29, 0.717) is 5.92 Å². The SMILES string of the molecule is COc1ccc(C2CNc3ccc(OC)cc3C2)cc1. The van der Waals surface area contributed by atoms with Crippen LogP contribution in [0, 0.1) is 0 Å². The zero-order valence-electron chi connectivity index (χ0n) is 11.8. The molecule has 2 aromatic rings. The second kappa shape index (κ2) is 5.45. The number of methoxy groups -OCH3 is 2. The Hall–Kier alpha value is -2.16. The number of hydrogen-bond donors (Lipinski definition) is 1. The molecule has 0 aliphatic carbocycles. The van der Waals surface area contributed by atoms with Crippen LogP contribution in [-0.2, 0) is 6.42 Å². The maximum Gasteiger partial charge on any atom is 0.119 e. The Morgan fingerprint density at radius 3 is 2.35 bits per heavy atom. The third-order valence-electron chi connectivity index (χ3n) is 3.90. The largest absolute Gasteiger partial charge is 0.497 e. The van der Waals surface area contributed by atoms with Crippen molar-refractivity contribution in [1.29, 1.82) is 0 Å². The molecule has 0 amide bonds. The quantitative estimate of drug-likeness (QED) is 0.925. The Morgan fingerprint density at radius 2 is 1.65 bits per heavy atom. The Morgan fingerprint density at radius 1 is 0.950 bits per heavy atom. The molecular formula is C17H19NO2. The highest BCUT2D eigenvalue weighted by Crippen LogP contribution is 2.33. The molecule has 0 radical (unpaired) electrons. The smallest absolute Gasteiger partial charge is 0.119 e. The molecule has 0 aromatic heterocycles. The minimum absolute atomic E-state index is 0.487. The predicted octanol–water partition coefficient (Wildman–Crippen LogP) is 3.46. The number of hydrogen-bond acceptors (Lipinski definition) is 3. The molecule has 1 aliphatic heterocycles. The van der Waals surface area contributed by atoms with Crippen molar-refractivity contribution in [3.8, 4) is 11.5 Å². The van der Waals surface area contributed by atoms with E-state index in [0.717, 1.165) is 24.5 Å². The summed E-state index contributed by atoms with van der Waals surface area (Å²) in [7, 11) is 3.40. The number of nitrogens with one attached hydrogen (secondary N) is 1. The Kier molecular flexibility index (Phi) is 3.50. The number of benzene rings is 2. The van der Waals surface area contributed by atoms with Gasteiger partial charge in [-0.15, -0.1) is 0 Å². The van der Waals surface area contributed by atoms with Crippen molar-refractivity contribution in [3.63, 3.8) is 0 Å². The summed E-state index contributed by atoms with van der Waals surface area (Å²) in [6, 6.07) is 14.6. The molecule has 0 fully saturated rings. The summed E-state index contributed by atoms with van der Waals surface area (Å²) >= 11 is 0. The highest BCUT2D eigenvalue weighted by Gasteiger charge is 2.20. The third-order valence-corrected chi connectivity index (χ3v) is 3.90. The summed E-state index contributed by atoms with van der Waals surface area (Å²) in [6.45, 7) is 0.964. The predicted molar refractivity (Wildman–Crippen MR) is 80.9 cm³/mol. The summed E-state index contributed by atoms with van der Waals surface area (Å²) < 4.78 is 10.5. The van der Waals surface area contributed by atoms with E-state index in [1.165, 1.54) is 16.8 Å². The molecule has 3 nitrogen and oxygen atoms in total. The lowest BCUT2D eigenvalue weighted by Crippen LogP contribution is -2.21. The fraction of sp³-hybridized carbons (Fsp3) is 0.294. The van der Waals surface area contributed by atoms with Crippen molar-refractivity contribution < 1.29 is 9.47 Å². The summed E-state index contributed by atoms with van der Waals surface area (Å²) in [5, 5.41) is 3.50. The maximum absolute atomic E-state index is 5.31. The molecule has 1 unspecified atom stereocenters. The Bertz CT molecular complexity index is 592. The molecule has 0 bridgehead atoms. The molecule has 3 rings (SSSR count). The van der Waals surface area contributed by atoms with Gasteiger partial charge in [0.15, 0.2) is 0 Å². The van der Waals surface area contributed by atoms with Gasteiger partial charge in [0, 0.05) is 18.2 Å². The second-order valence-electron chi connectivity index (χ2n) is 5.08. The summed E-state index contributed by atoms with van der Waals surface area (Å²) in [6.07, 6.45) is 1.03. The van der Waals surface area contributed by atoms with Crippen molar-refractivity contribution >= 4 is 5.69 Å². The second-order valence-corrected chi connectivity index (χ2v) is 5.08. The zero-order valence-corrected chi connectivity index (χ0v) is 11.8. The van der Waals surface area contributed by atoms with Crippen LogP contribution < -0.4 is 14.8 Å². The average Bonchev–Trinajstić information content (AvgIpc) is 2.54. The van der Waals surface area contributed by atoms with Crippen molar-refractivity contribution in [3.05, 3.63) is 53.6 Å². The monoisotopic (exact) mass is 269 g/mol. The Labute approximate surface area is 119 Å². The molecule has 1 heterocycles. The molecule has 1 atom stereocenters. The van der Waals surface area contributed by atoms with E-state index in [4.69, 9.17) is 9.47 Å². The van der Waals surface area contributed by atoms with Gasteiger partial charge in [-0.1, -0.05) is 12.1 Å². The minimum Gasteiger partial charge on any atom is -0.497 e. The van der Waals surface area contributed by atoms with Crippen LogP contribution >= 0.6 is 0 Å². The molecule has 0 saturated heterocycles. The van der Waals surface area contributed by atoms with E-state index in [-0.39, 0.29) is 0 Å². The standard InChI is InChI=1S/C17H19NO2/c1-19-15-5-3-12(4-6-15)14-9-13-10-16(20-2)7-8-17(13)18-11-14/h3-8,10,14,18H,9,11H2,1-2H3. The highest BCUT2D eigenvalue weighted by atomic mass is 16.5. The first-order valence-corrected chi connectivity index (χ1v) is 6.85. The minimum atomic E-state index is 0.487. The van der Waals surface area contributed by atoms with Crippen LogP contribution in [0.4, 0.5) is 5.69 Å². The van der Waals surface area contributed by atoms with Crippen LogP contribution in [0.15, 0.2) is 42.5 Å². The van der Waals surface area contributed by atoms with Gasteiger partial charge in [-0.3, -0.25) is 0 Å². The molecule has 20 heavy (non-hydrogen) atoms. The van der Waals surface area contributed by atoms with Gasteiger partial charge in [-0.2, -0.15) is 0 Å². The first kappa shape index (κ1) is 12.9. The number of ether oxygens (including phenoxy) is 2. The van der Waals surface area contributed by atoms with Crippen molar-refractivity contribution in [2.24, 2.45) is 0 Å². The summed E-state index contributed by atoms with van der Waals surface area (Å²) in [5.41, 5.74) is 3.87. The molecule has 1 aliphatic rings. The van der Waals surface area contributed by atoms with E-state index in [1.807, 2.05) is 18.2 Å². The average molecular weight is 269 g/mol. The van der Waals surface area contributed by atoms with E-state index in [2.05, 4.69) is 29.6 Å². The number of anilines is 1. The summed E-state index contributed by atoms with van der Waals surface area (Å²) in [4.78, 5) is 0. The van der Waals surface area contributed by atoms with Gasteiger partial charge in [0.1, 0.15) is 11.5 Å². The van der Waals surface area contributed by atoms with Gasteiger partial charge < -0.3 is 14.8 Å². The molecule has 1 N–H and O–H groups in total. The fourth-order valence-electron chi connectivity index (χ4n) is 2.72. The first-order chi connectivity index (χ1) is 9.80. The maximum atomic E-state index is 5.31. The first-order valence-electron chi connectivity index (χ1n) is 6.85. The molecule has 2 aromatic carbocycles. The van der Waals surface area contributed by atoms with Crippen molar-refractivity contribution in [2.75, 3.05) is 26.1 Å². The summed E-state index contributed by atoms with van der Waals surface area (Å²) in [5.74, 6) is 2.31. The van der Waals surface area contributed by atoms with Gasteiger partial charge in [-0.05, 0) is 47.9 Å².